The summed E-state index contributed by atoms with van der Waals surface area (Å²) in [6, 6.07) is 0. The summed E-state index contributed by atoms with van der Waals surface area (Å²) in [5.74, 6) is -35.4. The van der Waals surface area contributed by atoms with Gasteiger partial charge >= 0.3 is 47.7 Å². The molecule has 3 fully saturated rings. The van der Waals surface area contributed by atoms with Crippen molar-refractivity contribution in [2.24, 2.45) is 52.3 Å². The molecule has 4 aliphatic rings. The Morgan fingerprint density at radius 1 is 0.759 bits per heavy atom. The number of allylic oxidation sites excluding steroid dienone is 1. The number of ether oxygens (including phenoxy) is 2. The molecule has 0 aromatic heterocycles. The summed E-state index contributed by atoms with van der Waals surface area (Å²) in [5, 5.41) is 0. The Balaban J connectivity index is 1.26. The number of carbonyl (C=O) groups is 2. The Morgan fingerprint density at radius 3 is 1.95 bits per heavy atom. The van der Waals surface area contributed by atoms with E-state index < -0.39 is 79.7 Å². The minimum absolute atomic E-state index is 0.0653. The fraction of sp³-hybridized carbons (Fsp3) is 0.902. The summed E-state index contributed by atoms with van der Waals surface area (Å²) < 4.78 is 183. The molecule has 58 heavy (non-hydrogen) atoms. The highest BCUT2D eigenvalue weighted by molar-refractivity contribution is 5.77. The average Bonchev–Trinajstić information content (AvgIpc) is 3.47. The standard InChI is InChI=1S/C41H57F13O4/c1-7-25(23(2)3)9-8-24(4)29-12-13-30-28-11-10-26-22-27(16-18-34(26,5)31(28)17-19-35(29,30)6)58-33(56)15-14-32(55)57-21-20-36(42,43)37(44,45)38(46,47)39(48,49)40(50,51)41(52,53)54/h10,23-25,27-31H,7-9,11-22H2,1-6H3/t24-,25?,27?,28+,29-,30?,31+,34+,35-/m1/s1. The fourth-order valence-corrected chi connectivity index (χ4v) is 11.2. The molecule has 0 N–H and O–H groups in total. The highest BCUT2D eigenvalue weighted by atomic mass is 19.4. The summed E-state index contributed by atoms with van der Waals surface area (Å²) in [6.07, 6.45) is 1.36. The first-order chi connectivity index (χ1) is 26.4. The molecule has 17 heteroatoms. The molecule has 0 spiro atoms. The molecular weight excluding hydrogens is 803 g/mol. The number of hydrogen-bond acceptors (Lipinski definition) is 4. The van der Waals surface area contributed by atoms with Gasteiger partial charge in [0.05, 0.1) is 25.9 Å². The van der Waals surface area contributed by atoms with Crippen LogP contribution in [0.5, 0.6) is 0 Å². The molecule has 0 aromatic rings. The van der Waals surface area contributed by atoms with E-state index >= 15 is 0 Å². The van der Waals surface area contributed by atoms with Crippen LogP contribution in [0.1, 0.15) is 131 Å². The lowest BCUT2D eigenvalue weighted by atomic mass is 9.47. The van der Waals surface area contributed by atoms with E-state index in [9.17, 15) is 66.7 Å². The molecule has 9 atom stereocenters. The molecule has 0 aromatic carbocycles. The minimum Gasteiger partial charge on any atom is -0.465 e. The van der Waals surface area contributed by atoms with E-state index in [1.165, 1.54) is 44.1 Å². The molecule has 0 heterocycles. The van der Waals surface area contributed by atoms with Gasteiger partial charge in [0.25, 0.3) is 0 Å². The lowest BCUT2D eigenvalue weighted by Crippen LogP contribution is -2.70. The summed E-state index contributed by atoms with van der Waals surface area (Å²) in [4.78, 5) is 24.6. The van der Waals surface area contributed by atoms with E-state index in [0.717, 1.165) is 25.2 Å². The van der Waals surface area contributed by atoms with Crippen molar-refractivity contribution < 1.29 is 76.1 Å². The molecule has 0 bridgehead atoms. The van der Waals surface area contributed by atoms with E-state index in [4.69, 9.17) is 4.74 Å². The predicted octanol–water partition coefficient (Wildman–Crippen LogP) is 13.0. The molecular formula is C41H57F13O4. The Hall–Kier alpha value is -2.23. The van der Waals surface area contributed by atoms with Crippen LogP contribution < -0.4 is 0 Å². The van der Waals surface area contributed by atoms with Crippen molar-refractivity contribution in [3.8, 4) is 0 Å². The Morgan fingerprint density at radius 2 is 1.36 bits per heavy atom. The van der Waals surface area contributed by atoms with Crippen LogP contribution >= 0.6 is 0 Å². The van der Waals surface area contributed by atoms with Gasteiger partial charge in [0.15, 0.2) is 0 Å². The summed E-state index contributed by atoms with van der Waals surface area (Å²) in [6.45, 7) is 12.3. The molecule has 3 unspecified atom stereocenters. The van der Waals surface area contributed by atoms with E-state index in [2.05, 4.69) is 52.4 Å². The smallest absolute Gasteiger partial charge is 0.460 e. The van der Waals surface area contributed by atoms with Crippen LogP contribution in [0, 0.1) is 52.3 Å². The number of halogens is 13. The van der Waals surface area contributed by atoms with Crippen molar-refractivity contribution in [3.63, 3.8) is 0 Å². The van der Waals surface area contributed by atoms with Crippen molar-refractivity contribution in [1.29, 1.82) is 0 Å². The van der Waals surface area contributed by atoms with Crippen LogP contribution in [-0.2, 0) is 19.1 Å². The van der Waals surface area contributed by atoms with Crippen LogP contribution in [-0.4, -0.2) is 60.4 Å². The molecule has 4 aliphatic carbocycles. The maximum Gasteiger partial charge on any atom is 0.460 e. The zero-order chi connectivity index (χ0) is 44.1. The third-order valence-electron chi connectivity index (χ3n) is 14.8. The maximum absolute atomic E-state index is 14.0. The maximum atomic E-state index is 14.0. The first-order valence-corrected chi connectivity index (χ1v) is 20.4. The lowest BCUT2D eigenvalue weighted by molar-refractivity contribution is -0.440. The molecule has 0 amide bonds. The van der Waals surface area contributed by atoms with Gasteiger partial charge in [-0.25, -0.2) is 0 Å². The number of fused-ring (bicyclic) bond motifs is 5. The second-order valence-corrected chi connectivity index (χ2v) is 18.3. The third-order valence-corrected chi connectivity index (χ3v) is 14.8. The zero-order valence-electron chi connectivity index (χ0n) is 33.8. The van der Waals surface area contributed by atoms with E-state index in [1.807, 2.05) is 0 Å². The predicted molar refractivity (Wildman–Crippen MR) is 188 cm³/mol. The van der Waals surface area contributed by atoms with Gasteiger partial charge < -0.3 is 9.47 Å². The second-order valence-electron chi connectivity index (χ2n) is 18.3. The Kier molecular flexibility index (Phi) is 14.1. The quantitative estimate of drug-likeness (QED) is 0.0831. The topological polar surface area (TPSA) is 52.6 Å². The fourth-order valence-electron chi connectivity index (χ4n) is 11.2. The number of carbonyl (C=O) groups excluding carboxylic acids is 2. The first kappa shape index (κ1) is 48.4. The second kappa shape index (κ2) is 16.9. The van der Waals surface area contributed by atoms with Crippen molar-refractivity contribution >= 4 is 11.9 Å². The van der Waals surface area contributed by atoms with Gasteiger partial charge in [-0.1, -0.05) is 66.0 Å². The summed E-state index contributed by atoms with van der Waals surface area (Å²) >= 11 is 0. The van der Waals surface area contributed by atoms with Gasteiger partial charge in [-0.2, -0.15) is 57.1 Å². The van der Waals surface area contributed by atoms with Crippen LogP contribution in [0.3, 0.4) is 0 Å². The molecule has 4 rings (SSSR count). The molecule has 336 valence electrons. The molecule has 3 saturated carbocycles. The van der Waals surface area contributed by atoms with E-state index in [1.54, 1.807) is 0 Å². The SMILES string of the molecule is CCC(CC[C@@H](C)[C@H]1CCC2[C@@H]3CC=C4CC(OC(=O)CCC(=O)OCCC(F)(F)C(F)(F)C(F)(F)C(F)(F)C(F)(F)C(F)(F)F)CC[C@]4(C)[C@H]3CC[C@@]21C)C(C)C. The number of rotatable bonds is 17. The molecule has 4 nitrogen and oxygen atoms in total. The van der Waals surface area contributed by atoms with Gasteiger partial charge in [0, 0.05) is 6.42 Å². The van der Waals surface area contributed by atoms with Gasteiger partial charge in [-0.15, -0.1) is 0 Å². The van der Waals surface area contributed by atoms with Crippen molar-refractivity contribution in [3.05, 3.63) is 11.6 Å². The number of hydrogen-bond donors (Lipinski definition) is 0. The molecule has 0 saturated heterocycles. The minimum atomic E-state index is -8.00. The molecule has 0 radical (unpaired) electrons. The van der Waals surface area contributed by atoms with Crippen LogP contribution in [0.25, 0.3) is 0 Å². The highest BCUT2D eigenvalue weighted by Gasteiger charge is 2.90. The van der Waals surface area contributed by atoms with Gasteiger partial charge in [0.1, 0.15) is 6.10 Å². The monoisotopic (exact) mass is 860 g/mol. The average molecular weight is 861 g/mol. The van der Waals surface area contributed by atoms with Gasteiger partial charge in [-0.3, -0.25) is 9.59 Å². The Labute approximate surface area is 331 Å². The number of esters is 2. The highest BCUT2D eigenvalue weighted by Crippen LogP contribution is 2.68. The van der Waals surface area contributed by atoms with Crippen molar-refractivity contribution in [2.75, 3.05) is 6.61 Å². The van der Waals surface area contributed by atoms with E-state index in [0.29, 0.717) is 53.8 Å². The normalized spacial score (nSPS) is 30.8. The molecule has 0 aliphatic heterocycles. The van der Waals surface area contributed by atoms with Crippen molar-refractivity contribution in [1.82, 2.24) is 0 Å². The summed E-state index contributed by atoms with van der Waals surface area (Å²) in [5.41, 5.74) is 1.45. The first-order valence-electron chi connectivity index (χ1n) is 20.4. The third kappa shape index (κ3) is 8.62. The van der Waals surface area contributed by atoms with Gasteiger partial charge in [0.2, 0.25) is 0 Å². The van der Waals surface area contributed by atoms with Crippen LogP contribution in [0.4, 0.5) is 57.1 Å². The number of alkyl halides is 13. The van der Waals surface area contributed by atoms with Crippen LogP contribution in [0.2, 0.25) is 0 Å². The lowest BCUT2D eigenvalue weighted by Gasteiger charge is -2.58. The summed E-state index contributed by atoms with van der Waals surface area (Å²) in [7, 11) is 0. The largest absolute Gasteiger partial charge is 0.465 e. The Bertz CT molecular complexity index is 1490. The van der Waals surface area contributed by atoms with Crippen molar-refractivity contribution in [2.45, 2.75) is 173 Å². The van der Waals surface area contributed by atoms with Gasteiger partial charge in [-0.05, 0) is 104 Å². The van der Waals surface area contributed by atoms with E-state index in [-0.39, 0.29) is 5.41 Å². The van der Waals surface area contributed by atoms with Crippen LogP contribution in [0.15, 0.2) is 11.6 Å². The zero-order valence-corrected chi connectivity index (χ0v) is 33.8.